The summed E-state index contributed by atoms with van der Waals surface area (Å²) in [6, 6.07) is 1.84. The first kappa shape index (κ1) is 21.2. The molecule has 1 atom stereocenters. The van der Waals surface area contributed by atoms with E-state index in [1.165, 1.54) is 0 Å². The summed E-state index contributed by atoms with van der Waals surface area (Å²) in [6.45, 7) is 5.48. The Morgan fingerprint density at radius 1 is 1.21 bits per heavy atom. The zero-order valence-corrected chi connectivity index (χ0v) is 14.5. The van der Waals surface area contributed by atoms with Crippen molar-refractivity contribution in [2.75, 3.05) is 32.8 Å². The predicted molar refractivity (Wildman–Crippen MR) is 86.7 cm³/mol. The lowest BCUT2D eigenvalue weighted by molar-refractivity contribution is -0.139. The number of piperazine rings is 1. The summed E-state index contributed by atoms with van der Waals surface area (Å²) >= 11 is 0. The largest absolute Gasteiger partial charge is 0.416 e. The number of benzene rings is 1. The maximum atomic E-state index is 13.7. The van der Waals surface area contributed by atoms with Crippen LogP contribution in [-0.4, -0.2) is 42.8 Å². The van der Waals surface area contributed by atoms with Gasteiger partial charge in [0.25, 0.3) is 0 Å². The van der Waals surface area contributed by atoms with Crippen LogP contribution in [0.5, 0.6) is 0 Å². The Morgan fingerprint density at radius 3 is 2.29 bits per heavy atom. The number of nitrogens with zero attached hydrogens (tertiary/aromatic N) is 1. The average molecular weight is 371 g/mol. The Balaban J connectivity index is 0.00000288. The standard InChI is InChI=1S/C16H22F4N2O.ClH/c1-15(2,10-23)14(22-7-5-21-6-8-22)12-9-11(17)3-4-13(12)16(18,19)20;/h3-4,9,14,21,23H,5-8,10H2,1-2H3;1H/t14-;/m1./s1. The Morgan fingerprint density at radius 2 is 1.79 bits per heavy atom. The molecule has 2 N–H and O–H groups in total. The van der Waals surface area contributed by atoms with Crippen molar-refractivity contribution >= 4 is 12.4 Å². The monoisotopic (exact) mass is 370 g/mol. The molecule has 0 aromatic heterocycles. The van der Waals surface area contributed by atoms with Crippen LogP contribution in [0.3, 0.4) is 0 Å². The number of alkyl halides is 3. The van der Waals surface area contributed by atoms with E-state index in [1.807, 2.05) is 4.90 Å². The van der Waals surface area contributed by atoms with Gasteiger partial charge >= 0.3 is 6.18 Å². The molecule has 0 amide bonds. The fourth-order valence-corrected chi connectivity index (χ4v) is 3.16. The second-order valence-electron chi connectivity index (χ2n) is 6.56. The molecular weight excluding hydrogens is 348 g/mol. The van der Waals surface area contributed by atoms with Crippen molar-refractivity contribution in [3.05, 3.63) is 35.1 Å². The van der Waals surface area contributed by atoms with Crippen molar-refractivity contribution in [2.24, 2.45) is 5.41 Å². The molecule has 0 radical (unpaired) electrons. The van der Waals surface area contributed by atoms with Gasteiger partial charge < -0.3 is 10.4 Å². The third kappa shape index (κ3) is 4.59. The summed E-state index contributed by atoms with van der Waals surface area (Å²) in [6.07, 6.45) is -4.57. The second kappa shape index (κ2) is 7.99. The fourth-order valence-electron chi connectivity index (χ4n) is 3.16. The number of aliphatic hydroxyl groups excluding tert-OH is 1. The molecule has 0 bridgehead atoms. The Bertz CT molecular complexity index is 545. The van der Waals surface area contributed by atoms with E-state index >= 15 is 0 Å². The van der Waals surface area contributed by atoms with E-state index in [4.69, 9.17) is 0 Å². The number of hydrogen-bond donors (Lipinski definition) is 2. The third-order valence-electron chi connectivity index (χ3n) is 4.28. The molecular formula is C16H23ClF4N2O. The molecule has 0 saturated carbocycles. The minimum atomic E-state index is -4.57. The van der Waals surface area contributed by atoms with Crippen LogP contribution in [0.2, 0.25) is 0 Å². The van der Waals surface area contributed by atoms with Gasteiger partial charge in [0.15, 0.2) is 0 Å². The molecule has 2 rings (SSSR count). The molecule has 0 aliphatic carbocycles. The van der Waals surface area contributed by atoms with E-state index in [9.17, 15) is 22.7 Å². The van der Waals surface area contributed by atoms with Crippen molar-refractivity contribution in [1.29, 1.82) is 0 Å². The van der Waals surface area contributed by atoms with Crippen LogP contribution in [0.4, 0.5) is 17.6 Å². The first-order valence-corrected chi connectivity index (χ1v) is 7.59. The predicted octanol–water partition coefficient (Wildman–Crippen LogP) is 3.23. The Hall–Kier alpha value is -0.890. The van der Waals surface area contributed by atoms with Gasteiger partial charge in [-0.25, -0.2) is 4.39 Å². The molecule has 0 unspecified atom stereocenters. The van der Waals surface area contributed by atoms with Crippen LogP contribution in [0.15, 0.2) is 18.2 Å². The normalized spacial score (nSPS) is 18.1. The van der Waals surface area contributed by atoms with Gasteiger partial charge in [0.1, 0.15) is 5.82 Å². The highest BCUT2D eigenvalue weighted by molar-refractivity contribution is 5.85. The van der Waals surface area contributed by atoms with Crippen LogP contribution in [-0.2, 0) is 6.18 Å². The first-order chi connectivity index (χ1) is 10.7. The SMILES string of the molecule is CC(C)(CO)[C@@H](c1cc(F)ccc1C(F)(F)F)N1CCNCC1.Cl. The van der Waals surface area contributed by atoms with E-state index in [-0.39, 0.29) is 24.6 Å². The van der Waals surface area contributed by atoms with E-state index in [2.05, 4.69) is 5.32 Å². The molecule has 1 aliphatic rings. The van der Waals surface area contributed by atoms with Gasteiger partial charge in [0.2, 0.25) is 0 Å². The van der Waals surface area contributed by atoms with Crippen LogP contribution in [0, 0.1) is 11.2 Å². The van der Waals surface area contributed by atoms with Crippen molar-refractivity contribution < 1.29 is 22.7 Å². The smallest absolute Gasteiger partial charge is 0.396 e. The lowest BCUT2D eigenvalue weighted by Crippen LogP contribution is -2.50. The summed E-state index contributed by atoms with van der Waals surface area (Å²) in [5.41, 5.74) is -1.80. The summed E-state index contributed by atoms with van der Waals surface area (Å²) in [5.74, 6) is -0.707. The highest BCUT2D eigenvalue weighted by Gasteiger charge is 2.42. The first-order valence-electron chi connectivity index (χ1n) is 7.59. The van der Waals surface area contributed by atoms with Crippen molar-refractivity contribution in [1.82, 2.24) is 10.2 Å². The maximum absolute atomic E-state index is 13.7. The molecule has 1 aromatic rings. The number of hydrogen-bond acceptors (Lipinski definition) is 3. The highest BCUT2D eigenvalue weighted by Crippen LogP contribution is 2.44. The zero-order chi connectivity index (χ0) is 17.3. The summed E-state index contributed by atoms with van der Waals surface area (Å²) < 4.78 is 53.8. The van der Waals surface area contributed by atoms with Gasteiger partial charge in [-0.3, -0.25) is 4.90 Å². The lowest BCUT2D eigenvalue weighted by atomic mass is 9.78. The summed E-state index contributed by atoms with van der Waals surface area (Å²) in [4.78, 5) is 1.89. The molecule has 138 valence electrons. The number of halogens is 5. The molecule has 1 saturated heterocycles. The molecule has 1 aromatic carbocycles. The lowest BCUT2D eigenvalue weighted by Gasteiger charge is -2.44. The Kier molecular flexibility index (Phi) is 7.04. The van der Waals surface area contributed by atoms with E-state index in [1.54, 1.807) is 13.8 Å². The van der Waals surface area contributed by atoms with Crippen molar-refractivity contribution in [3.63, 3.8) is 0 Å². The molecule has 0 spiro atoms. The molecule has 1 aliphatic heterocycles. The van der Waals surface area contributed by atoms with Gasteiger partial charge in [-0.2, -0.15) is 13.2 Å². The number of aliphatic hydroxyl groups is 1. The van der Waals surface area contributed by atoms with Gasteiger partial charge in [-0.1, -0.05) is 13.8 Å². The van der Waals surface area contributed by atoms with E-state index in [0.29, 0.717) is 26.2 Å². The quantitative estimate of drug-likeness (QED) is 0.799. The van der Waals surface area contributed by atoms with Gasteiger partial charge in [-0.15, -0.1) is 12.4 Å². The molecule has 1 fully saturated rings. The maximum Gasteiger partial charge on any atom is 0.416 e. The second-order valence-corrected chi connectivity index (χ2v) is 6.56. The van der Waals surface area contributed by atoms with Crippen LogP contribution < -0.4 is 5.32 Å². The van der Waals surface area contributed by atoms with Gasteiger partial charge in [-0.05, 0) is 23.8 Å². The van der Waals surface area contributed by atoms with Crippen molar-refractivity contribution in [3.8, 4) is 0 Å². The minimum Gasteiger partial charge on any atom is -0.396 e. The molecule has 1 heterocycles. The number of nitrogens with one attached hydrogen (secondary N) is 1. The van der Waals surface area contributed by atoms with Crippen LogP contribution in [0.25, 0.3) is 0 Å². The highest BCUT2D eigenvalue weighted by atomic mass is 35.5. The summed E-state index contributed by atoms with van der Waals surface area (Å²) in [7, 11) is 0. The topological polar surface area (TPSA) is 35.5 Å². The van der Waals surface area contributed by atoms with Crippen LogP contribution in [0.1, 0.15) is 31.0 Å². The summed E-state index contributed by atoms with van der Waals surface area (Å²) in [5, 5.41) is 12.8. The average Bonchev–Trinajstić information content (AvgIpc) is 2.47. The molecule has 24 heavy (non-hydrogen) atoms. The van der Waals surface area contributed by atoms with Crippen LogP contribution >= 0.6 is 12.4 Å². The van der Waals surface area contributed by atoms with Gasteiger partial charge in [0.05, 0.1) is 5.56 Å². The zero-order valence-electron chi connectivity index (χ0n) is 13.7. The van der Waals surface area contributed by atoms with Gasteiger partial charge in [0, 0.05) is 44.2 Å². The van der Waals surface area contributed by atoms with Crippen molar-refractivity contribution in [2.45, 2.75) is 26.1 Å². The van der Waals surface area contributed by atoms with E-state index in [0.717, 1.165) is 18.2 Å². The van der Waals surface area contributed by atoms with E-state index < -0.39 is 29.0 Å². The number of rotatable bonds is 4. The Labute approximate surface area is 145 Å². The fraction of sp³-hybridized carbons (Fsp3) is 0.625. The molecule has 3 nitrogen and oxygen atoms in total. The third-order valence-corrected chi connectivity index (χ3v) is 4.28. The minimum absolute atomic E-state index is 0. The molecule has 8 heteroatoms.